The van der Waals surface area contributed by atoms with E-state index in [-0.39, 0.29) is 0 Å². The standard InChI is InChI=1S/C19H26N6.2C2HF3O2/c1-2-16-14-22-18(23-15-16)25-12-6-19(7-13-25)4-10-24(11-5-19)17-20-8-3-9-21-17;2*3-2(4,5)1(6)7/h3,8-9,14-15H,2,4-7,10-13H2,1H3;2*(H,6,7). The van der Waals surface area contributed by atoms with Crippen LogP contribution in [0.1, 0.15) is 38.2 Å². The highest BCUT2D eigenvalue weighted by atomic mass is 19.4. The number of nitrogens with zero attached hydrogens (tertiary/aromatic N) is 6. The molecule has 2 aliphatic rings. The first-order chi connectivity index (χ1) is 18.2. The molecule has 0 unspecified atom stereocenters. The molecule has 39 heavy (non-hydrogen) atoms. The van der Waals surface area contributed by atoms with Gasteiger partial charge < -0.3 is 20.0 Å². The predicted molar refractivity (Wildman–Crippen MR) is 126 cm³/mol. The van der Waals surface area contributed by atoms with Crippen molar-refractivity contribution in [3.8, 4) is 0 Å². The van der Waals surface area contributed by atoms with Crippen LogP contribution in [0.25, 0.3) is 0 Å². The van der Waals surface area contributed by atoms with Crippen LogP contribution in [0.2, 0.25) is 0 Å². The highest BCUT2D eigenvalue weighted by molar-refractivity contribution is 5.73. The first-order valence-electron chi connectivity index (χ1n) is 11.8. The van der Waals surface area contributed by atoms with Gasteiger partial charge in [-0.15, -0.1) is 0 Å². The highest BCUT2D eigenvalue weighted by Crippen LogP contribution is 2.42. The molecule has 4 heterocycles. The zero-order valence-electron chi connectivity index (χ0n) is 20.9. The Bertz CT molecular complexity index is 1030. The van der Waals surface area contributed by atoms with E-state index in [1.807, 2.05) is 30.9 Å². The van der Waals surface area contributed by atoms with Gasteiger partial charge in [0.1, 0.15) is 0 Å². The van der Waals surface area contributed by atoms with Crippen molar-refractivity contribution in [2.75, 3.05) is 36.0 Å². The number of piperidine rings is 2. The molecule has 0 atom stereocenters. The summed E-state index contributed by atoms with van der Waals surface area (Å²) in [4.78, 5) is 40.3. The Morgan fingerprint density at radius 3 is 1.41 bits per heavy atom. The van der Waals surface area contributed by atoms with Crippen LogP contribution >= 0.6 is 0 Å². The summed E-state index contributed by atoms with van der Waals surface area (Å²) >= 11 is 0. The maximum atomic E-state index is 10.6. The molecule has 0 saturated carbocycles. The number of anilines is 2. The van der Waals surface area contributed by atoms with Crippen LogP contribution in [-0.4, -0.2) is 80.6 Å². The zero-order valence-corrected chi connectivity index (χ0v) is 20.9. The summed E-state index contributed by atoms with van der Waals surface area (Å²) in [6.07, 6.45) is 3.33. The van der Waals surface area contributed by atoms with E-state index in [4.69, 9.17) is 19.8 Å². The Balaban J connectivity index is 0.000000317. The van der Waals surface area contributed by atoms with Crippen molar-refractivity contribution in [2.45, 2.75) is 51.4 Å². The van der Waals surface area contributed by atoms with Crippen molar-refractivity contribution in [2.24, 2.45) is 5.41 Å². The Morgan fingerprint density at radius 1 is 0.769 bits per heavy atom. The lowest BCUT2D eigenvalue weighted by atomic mass is 9.71. The molecule has 0 radical (unpaired) electrons. The number of halogens is 6. The van der Waals surface area contributed by atoms with Gasteiger partial charge in [-0.1, -0.05) is 6.92 Å². The Morgan fingerprint density at radius 2 is 1.10 bits per heavy atom. The van der Waals surface area contributed by atoms with E-state index < -0.39 is 24.3 Å². The van der Waals surface area contributed by atoms with Crippen LogP contribution in [0.4, 0.5) is 38.2 Å². The first kappa shape index (κ1) is 31.5. The number of carbonyl (C=O) groups is 2. The third-order valence-corrected chi connectivity index (χ3v) is 6.35. The molecule has 0 aromatic carbocycles. The van der Waals surface area contributed by atoms with Gasteiger partial charge in [0, 0.05) is 51.0 Å². The third kappa shape index (κ3) is 9.83. The van der Waals surface area contributed by atoms with E-state index in [1.54, 1.807) is 0 Å². The van der Waals surface area contributed by atoms with Gasteiger partial charge in [0.25, 0.3) is 0 Å². The predicted octanol–water partition coefficient (Wildman–Crippen LogP) is 3.98. The average Bonchev–Trinajstić information content (AvgIpc) is 2.90. The molecule has 2 N–H and O–H groups in total. The highest BCUT2D eigenvalue weighted by Gasteiger charge is 2.39. The summed E-state index contributed by atoms with van der Waals surface area (Å²) in [5.74, 6) is -3.75. The van der Waals surface area contributed by atoms with E-state index in [2.05, 4.69) is 36.7 Å². The Kier molecular flexibility index (Phi) is 10.8. The molecule has 2 aromatic heterocycles. The van der Waals surface area contributed by atoms with Crippen LogP contribution in [0, 0.1) is 5.41 Å². The molecular weight excluding hydrogens is 538 g/mol. The minimum atomic E-state index is -5.08. The Labute approximate surface area is 219 Å². The summed E-state index contributed by atoms with van der Waals surface area (Å²) < 4.78 is 63.5. The Hall–Kier alpha value is -3.72. The van der Waals surface area contributed by atoms with Crippen LogP contribution in [0.5, 0.6) is 0 Å². The van der Waals surface area contributed by atoms with Crippen molar-refractivity contribution in [1.82, 2.24) is 19.9 Å². The maximum absolute atomic E-state index is 10.6. The molecule has 16 heteroatoms. The quantitative estimate of drug-likeness (QED) is 0.526. The number of aryl methyl sites for hydroxylation is 1. The monoisotopic (exact) mass is 566 g/mol. The van der Waals surface area contributed by atoms with Gasteiger partial charge in [-0.2, -0.15) is 26.3 Å². The second-order valence-electron chi connectivity index (χ2n) is 8.87. The summed E-state index contributed by atoms with van der Waals surface area (Å²) in [5, 5.41) is 14.2. The summed E-state index contributed by atoms with van der Waals surface area (Å²) in [7, 11) is 0. The third-order valence-electron chi connectivity index (χ3n) is 6.35. The second kappa shape index (κ2) is 13.4. The van der Waals surface area contributed by atoms with Crippen molar-refractivity contribution in [3.05, 3.63) is 36.4 Å². The molecule has 1 spiro atoms. The van der Waals surface area contributed by atoms with Gasteiger partial charge in [0.2, 0.25) is 11.9 Å². The molecule has 216 valence electrons. The fourth-order valence-corrected chi connectivity index (χ4v) is 4.01. The number of carboxylic acids is 2. The fourth-order valence-electron chi connectivity index (χ4n) is 4.01. The van der Waals surface area contributed by atoms with E-state index >= 15 is 0 Å². The lowest BCUT2D eigenvalue weighted by Crippen LogP contribution is -2.47. The minimum Gasteiger partial charge on any atom is -0.475 e. The van der Waals surface area contributed by atoms with Crippen molar-refractivity contribution in [3.63, 3.8) is 0 Å². The SMILES string of the molecule is CCc1cnc(N2CCC3(CCN(c4ncccn4)CC3)CC2)nc1.O=C(O)C(F)(F)F.O=C(O)C(F)(F)F. The molecular formula is C23H28F6N6O4. The molecule has 0 aliphatic carbocycles. The minimum absolute atomic E-state index is 0.477. The lowest BCUT2D eigenvalue weighted by molar-refractivity contribution is -0.193. The fraction of sp³-hybridized carbons (Fsp3) is 0.565. The van der Waals surface area contributed by atoms with Crippen molar-refractivity contribution < 1.29 is 46.1 Å². The number of aliphatic carboxylic acids is 2. The van der Waals surface area contributed by atoms with Crippen LogP contribution in [0.15, 0.2) is 30.9 Å². The lowest BCUT2D eigenvalue weighted by Gasteiger charge is -2.46. The van der Waals surface area contributed by atoms with Gasteiger partial charge in [-0.25, -0.2) is 29.5 Å². The molecule has 2 saturated heterocycles. The number of alkyl halides is 6. The van der Waals surface area contributed by atoms with Crippen LogP contribution < -0.4 is 9.80 Å². The normalized spacial score (nSPS) is 16.9. The van der Waals surface area contributed by atoms with Crippen LogP contribution in [-0.2, 0) is 16.0 Å². The molecule has 2 fully saturated rings. The maximum Gasteiger partial charge on any atom is 0.490 e. The number of hydrogen-bond donors (Lipinski definition) is 2. The molecule has 2 aromatic rings. The topological polar surface area (TPSA) is 133 Å². The van der Waals surface area contributed by atoms with Crippen molar-refractivity contribution in [1.29, 1.82) is 0 Å². The van der Waals surface area contributed by atoms with E-state index in [1.165, 1.54) is 31.2 Å². The molecule has 2 aliphatic heterocycles. The number of rotatable bonds is 3. The van der Waals surface area contributed by atoms with E-state index in [9.17, 15) is 26.3 Å². The second-order valence-corrected chi connectivity index (χ2v) is 8.87. The van der Waals surface area contributed by atoms with Gasteiger partial charge in [0.15, 0.2) is 0 Å². The molecule has 0 bridgehead atoms. The van der Waals surface area contributed by atoms with Crippen LogP contribution in [0.3, 0.4) is 0 Å². The first-order valence-corrected chi connectivity index (χ1v) is 11.8. The van der Waals surface area contributed by atoms with Crippen molar-refractivity contribution >= 4 is 23.8 Å². The number of carboxylic acid groups (broad SMARTS) is 2. The molecule has 10 nitrogen and oxygen atoms in total. The molecule has 0 amide bonds. The summed E-state index contributed by atoms with van der Waals surface area (Å²) in [6, 6.07) is 1.87. The molecule has 4 rings (SSSR count). The summed E-state index contributed by atoms with van der Waals surface area (Å²) in [6.45, 7) is 6.38. The van der Waals surface area contributed by atoms with E-state index in [0.29, 0.717) is 5.41 Å². The smallest absolute Gasteiger partial charge is 0.475 e. The van der Waals surface area contributed by atoms with Gasteiger partial charge in [-0.05, 0) is 49.1 Å². The zero-order chi connectivity index (χ0) is 29.3. The number of aromatic nitrogens is 4. The number of hydrogen-bond acceptors (Lipinski definition) is 8. The van der Waals surface area contributed by atoms with E-state index in [0.717, 1.165) is 44.5 Å². The van der Waals surface area contributed by atoms with Gasteiger partial charge >= 0.3 is 24.3 Å². The van der Waals surface area contributed by atoms with Gasteiger partial charge in [0.05, 0.1) is 0 Å². The summed E-state index contributed by atoms with van der Waals surface area (Å²) in [5.41, 5.74) is 1.68. The largest absolute Gasteiger partial charge is 0.490 e. The van der Waals surface area contributed by atoms with Gasteiger partial charge in [-0.3, -0.25) is 0 Å². The average molecular weight is 567 g/mol.